The lowest BCUT2D eigenvalue weighted by Gasteiger charge is -2.42. The molecule has 9 nitrogen and oxygen atoms in total. The first-order chi connectivity index (χ1) is 13.8. The van der Waals surface area contributed by atoms with Gasteiger partial charge >= 0.3 is 17.9 Å². The molecule has 1 atom stereocenters. The first-order valence-corrected chi connectivity index (χ1v) is 9.86. The van der Waals surface area contributed by atoms with Crippen molar-refractivity contribution in [1.29, 1.82) is 0 Å². The molecule has 1 aromatic rings. The van der Waals surface area contributed by atoms with E-state index in [1.54, 1.807) is 6.20 Å². The zero-order valence-electron chi connectivity index (χ0n) is 16.9. The summed E-state index contributed by atoms with van der Waals surface area (Å²) in [7, 11) is 1.43. The first kappa shape index (κ1) is 20.8. The number of nitrogens with one attached hydrogen (secondary N) is 3. The van der Waals surface area contributed by atoms with Gasteiger partial charge in [-0.1, -0.05) is 0 Å². The molecule has 9 heteroatoms. The number of carbonyl (C=O) groups is 3. The lowest BCUT2D eigenvalue weighted by molar-refractivity contribution is -0.139. The second kappa shape index (κ2) is 8.59. The van der Waals surface area contributed by atoms with Crippen molar-refractivity contribution in [1.82, 2.24) is 21.0 Å². The third kappa shape index (κ3) is 4.55. The van der Waals surface area contributed by atoms with Gasteiger partial charge in [0.25, 0.3) is 0 Å². The molecule has 1 saturated carbocycles. The molecule has 1 aromatic heterocycles. The number of aromatic nitrogens is 1. The van der Waals surface area contributed by atoms with Crippen LogP contribution in [0.2, 0.25) is 0 Å². The molecule has 3 N–H and O–H groups in total. The normalized spacial score (nSPS) is 24.7. The first-order valence-electron chi connectivity index (χ1n) is 9.86. The summed E-state index contributed by atoms with van der Waals surface area (Å²) in [6, 6.07) is 3.66. The Hall–Kier alpha value is -2.97. The van der Waals surface area contributed by atoms with Crippen molar-refractivity contribution >= 4 is 23.6 Å². The summed E-state index contributed by atoms with van der Waals surface area (Å²) in [5.74, 6) is -0.916. The zero-order valence-corrected chi connectivity index (χ0v) is 16.9. The Morgan fingerprint density at radius 1 is 1.34 bits per heavy atom. The maximum atomic E-state index is 11.9. The fourth-order valence-corrected chi connectivity index (χ4v) is 4.17. The minimum atomic E-state index is -0.763. The Labute approximate surface area is 169 Å². The highest BCUT2D eigenvalue weighted by atomic mass is 16.6. The maximum Gasteiger partial charge on any atom is 0.428 e. The molecule has 0 aromatic carbocycles. The van der Waals surface area contributed by atoms with Gasteiger partial charge in [0.1, 0.15) is 5.71 Å². The third-order valence-electron chi connectivity index (χ3n) is 5.65. The van der Waals surface area contributed by atoms with E-state index < -0.39 is 23.5 Å². The highest BCUT2D eigenvalue weighted by Gasteiger charge is 2.46. The Morgan fingerprint density at radius 2 is 2.07 bits per heavy atom. The average Bonchev–Trinajstić information content (AvgIpc) is 2.70. The lowest BCUT2D eigenvalue weighted by atomic mass is 9.72. The molecule has 1 fully saturated rings. The minimum Gasteiger partial charge on any atom is -0.435 e. The average molecular weight is 401 g/mol. The second-order valence-corrected chi connectivity index (χ2v) is 7.73. The summed E-state index contributed by atoms with van der Waals surface area (Å²) in [6.07, 6.45) is 4.88. The molecule has 3 rings (SSSR count). The van der Waals surface area contributed by atoms with Crippen LogP contribution in [-0.4, -0.2) is 47.3 Å². The van der Waals surface area contributed by atoms with Gasteiger partial charge in [0, 0.05) is 30.5 Å². The smallest absolute Gasteiger partial charge is 0.428 e. The van der Waals surface area contributed by atoms with E-state index in [0.29, 0.717) is 24.5 Å². The van der Waals surface area contributed by atoms with E-state index in [-0.39, 0.29) is 6.04 Å². The van der Waals surface area contributed by atoms with Crippen LogP contribution in [0, 0.1) is 12.8 Å². The van der Waals surface area contributed by atoms with E-state index in [2.05, 4.69) is 26.1 Å². The topological polar surface area (TPSA) is 122 Å². The number of aryl methyl sites for hydroxylation is 1. The zero-order chi connectivity index (χ0) is 21.0. The van der Waals surface area contributed by atoms with Crippen molar-refractivity contribution in [3.8, 4) is 0 Å². The Bertz CT molecular complexity index is 830. The van der Waals surface area contributed by atoms with Gasteiger partial charge in [-0.3, -0.25) is 14.6 Å². The number of ether oxygens (including phenoxy) is 1. The Morgan fingerprint density at radius 3 is 2.72 bits per heavy atom. The van der Waals surface area contributed by atoms with E-state index in [0.717, 1.165) is 30.5 Å². The van der Waals surface area contributed by atoms with Crippen LogP contribution < -0.4 is 16.1 Å². The van der Waals surface area contributed by atoms with Gasteiger partial charge in [0.15, 0.2) is 5.60 Å². The van der Waals surface area contributed by atoms with E-state index in [9.17, 15) is 14.4 Å². The maximum absolute atomic E-state index is 11.9. The molecule has 3 amide bonds. The Balaban J connectivity index is 1.67. The molecular weight excluding hydrogens is 374 g/mol. The van der Waals surface area contributed by atoms with Gasteiger partial charge in [0.05, 0.1) is 0 Å². The SMILES string of the molecule is CNC(=O)C(=O)N[C@@H](C)CC1CCC2(CC1)OC(=O)NN=C2c1cccnc1C. The molecular formula is C20H27N5O4. The van der Waals surface area contributed by atoms with E-state index >= 15 is 0 Å². The summed E-state index contributed by atoms with van der Waals surface area (Å²) >= 11 is 0. The quantitative estimate of drug-likeness (QED) is 0.659. The van der Waals surface area contributed by atoms with Gasteiger partial charge in [-0.05, 0) is 64.0 Å². The fraction of sp³-hybridized carbons (Fsp3) is 0.550. The van der Waals surface area contributed by atoms with E-state index in [4.69, 9.17) is 4.74 Å². The molecule has 0 bridgehead atoms. The third-order valence-corrected chi connectivity index (χ3v) is 5.65. The van der Waals surface area contributed by atoms with Gasteiger partial charge in [-0.25, -0.2) is 10.2 Å². The summed E-state index contributed by atoms with van der Waals surface area (Å²) in [5.41, 5.74) is 4.08. The van der Waals surface area contributed by atoms with Gasteiger partial charge in [-0.2, -0.15) is 5.10 Å². The summed E-state index contributed by atoms with van der Waals surface area (Å²) in [4.78, 5) is 39.4. The van der Waals surface area contributed by atoms with Crippen molar-refractivity contribution in [3.63, 3.8) is 0 Å². The van der Waals surface area contributed by atoms with Crippen LogP contribution in [0.5, 0.6) is 0 Å². The number of nitrogens with zero attached hydrogens (tertiary/aromatic N) is 2. The van der Waals surface area contributed by atoms with Crippen LogP contribution in [-0.2, 0) is 14.3 Å². The van der Waals surface area contributed by atoms with Crippen molar-refractivity contribution in [3.05, 3.63) is 29.6 Å². The number of hydrazone groups is 1. The molecule has 0 unspecified atom stereocenters. The predicted molar refractivity (Wildman–Crippen MR) is 106 cm³/mol. The number of amides is 3. The molecule has 1 spiro atoms. The molecule has 0 saturated heterocycles. The second-order valence-electron chi connectivity index (χ2n) is 7.73. The van der Waals surface area contributed by atoms with Crippen molar-refractivity contribution < 1.29 is 19.1 Å². The highest BCUT2D eigenvalue weighted by Crippen LogP contribution is 2.40. The predicted octanol–water partition coefficient (Wildman–Crippen LogP) is 1.40. The number of hydrogen-bond acceptors (Lipinski definition) is 6. The number of pyridine rings is 1. The number of carbonyl (C=O) groups excluding carboxylic acids is 3. The molecule has 0 radical (unpaired) electrons. The molecule has 2 heterocycles. The molecule has 1 aliphatic carbocycles. The Kier molecular flexibility index (Phi) is 6.14. The minimum absolute atomic E-state index is 0.122. The lowest BCUT2D eigenvalue weighted by Crippen LogP contribution is -2.53. The monoisotopic (exact) mass is 401 g/mol. The molecule has 2 aliphatic rings. The fourth-order valence-electron chi connectivity index (χ4n) is 4.17. The van der Waals surface area contributed by atoms with Gasteiger partial charge in [0.2, 0.25) is 0 Å². The van der Waals surface area contributed by atoms with Crippen molar-refractivity contribution in [2.24, 2.45) is 11.0 Å². The molecule has 1 aliphatic heterocycles. The standard InChI is InChI=1S/C20H27N5O4/c1-12(23-18(27)17(26)21-3)11-14-6-8-20(9-7-14)16(24-25-19(28)29-20)15-5-4-10-22-13(15)2/h4-5,10,12,14H,6-9,11H2,1-3H3,(H,21,26)(H,23,27)(H,25,28)/t12-,14?,20?/m0/s1. The van der Waals surface area contributed by atoms with Crippen LogP contribution >= 0.6 is 0 Å². The highest BCUT2D eigenvalue weighted by molar-refractivity contribution is 6.35. The largest absolute Gasteiger partial charge is 0.435 e. The van der Waals surface area contributed by atoms with Crippen molar-refractivity contribution in [2.45, 2.75) is 57.6 Å². The van der Waals surface area contributed by atoms with E-state index in [1.807, 2.05) is 26.0 Å². The van der Waals surface area contributed by atoms with Gasteiger partial charge < -0.3 is 15.4 Å². The van der Waals surface area contributed by atoms with Crippen LogP contribution in [0.4, 0.5) is 4.79 Å². The summed E-state index contributed by atoms with van der Waals surface area (Å²) in [5, 5.41) is 9.36. The molecule has 29 heavy (non-hydrogen) atoms. The van der Waals surface area contributed by atoms with Gasteiger partial charge in [-0.15, -0.1) is 0 Å². The van der Waals surface area contributed by atoms with Crippen LogP contribution in [0.25, 0.3) is 0 Å². The van der Waals surface area contributed by atoms with E-state index in [1.165, 1.54) is 7.05 Å². The molecule has 156 valence electrons. The van der Waals surface area contributed by atoms with Crippen LogP contribution in [0.15, 0.2) is 23.4 Å². The number of likely N-dealkylation sites (N-methyl/N-ethyl adjacent to an activating group) is 1. The summed E-state index contributed by atoms with van der Waals surface area (Å²) < 4.78 is 5.77. The van der Waals surface area contributed by atoms with Crippen LogP contribution in [0.3, 0.4) is 0 Å². The van der Waals surface area contributed by atoms with Crippen molar-refractivity contribution in [2.75, 3.05) is 7.05 Å². The summed E-state index contributed by atoms with van der Waals surface area (Å²) in [6.45, 7) is 3.80. The number of hydrogen-bond donors (Lipinski definition) is 3. The van der Waals surface area contributed by atoms with Crippen LogP contribution in [0.1, 0.15) is 50.3 Å². The number of rotatable bonds is 4.